The second kappa shape index (κ2) is 5.23. The Hall–Kier alpha value is -1.18. The number of aryl methyl sites for hydroxylation is 2. The van der Waals surface area contributed by atoms with Crippen molar-refractivity contribution < 1.29 is 20.1 Å². The zero-order valence-corrected chi connectivity index (χ0v) is 12.4. The van der Waals surface area contributed by atoms with Crippen LogP contribution in [0.5, 0.6) is 0 Å². The molecule has 2 aromatic rings. The fourth-order valence-electron chi connectivity index (χ4n) is 2.66. The van der Waals surface area contributed by atoms with Crippen LogP contribution in [0.4, 0.5) is 0 Å². The van der Waals surface area contributed by atoms with Crippen molar-refractivity contribution in [2.45, 2.75) is 38.4 Å². The van der Waals surface area contributed by atoms with Gasteiger partial charge in [0.05, 0.1) is 17.6 Å². The minimum atomic E-state index is -1.18. The molecule has 1 fully saturated rings. The summed E-state index contributed by atoms with van der Waals surface area (Å²) < 4.78 is 7.08. The molecule has 2 heterocycles. The zero-order chi connectivity index (χ0) is 15.3. The fourth-order valence-corrected chi connectivity index (χ4v) is 2.93. The Kier molecular flexibility index (Phi) is 3.67. The van der Waals surface area contributed by atoms with E-state index in [9.17, 15) is 15.3 Å². The summed E-state index contributed by atoms with van der Waals surface area (Å²) in [4.78, 5) is 4.26. The lowest BCUT2D eigenvalue weighted by molar-refractivity contribution is -0.0507. The summed E-state index contributed by atoms with van der Waals surface area (Å²) in [7, 11) is 0. The highest BCUT2D eigenvalue weighted by Crippen LogP contribution is 2.35. The molecule has 7 heteroatoms. The number of hydrogen-bond acceptors (Lipinski definition) is 5. The van der Waals surface area contributed by atoms with Gasteiger partial charge < -0.3 is 20.1 Å². The van der Waals surface area contributed by atoms with Crippen LogP contribution in [-0.4, -0.2) is 49.8 Å². The molecule has 0 unspecified atom stereocenters. The second-order valence-corrected chi connectivity index (χ2v) is 5.74. The van der Waals surface area contributed by atoms with E-state index in [0.717, 1.165) is 16.6 Å². The second-order valence-electron chi connectivity index (χ2n) is 5.40. The minimum Gasteiger partial charge on any atom is -0.394 e. The smallest absolute Gasteiger partial charge is 0.205 e. The van der Waals surface area contributed by atoms with Gasteiger partial charge in [0.2, 0.25) is 5.28 Å². The number of aliphatic hydroxyl groups excluding tert-OH is 3. The van der Waals surface area contributed by atoms with Gasteiger partial charge in [-0.1, -0.05) is 0 Å². The maximum absolute atomic E-state index is 10.1. The molecule has 3 rings (SSSR count). The number of rotatable bonds is 2. The van der Waals surface area contributed by atoms with Crippen molar-refractivity contribution >= 4 is 22.6 Å². The molecule has 1 aliphatic rings. The van der Waals surface area contributed by atoms with Gasteiger partial charge in [-0.2, -0.15) is 0 Å². The Labute approximate surface area is 126 Å². The molecule has 114 valence electrons. The predicted molar refractivity (Wildman–Crippen MR) is 77.2 cm³/mol. The average Bonchev–Trinajstić information content (AvgIpc) is 2.89. The first-order valence-electron chi connectivity index (χ1n) is 6.71. The molecule has 4 atom stereocenters. The molecule has 0 spiro atoms. The summed E-state index contributed by atoms with van der Waals surface area (Å²) in [5, 5.41) is 29.4. The molecule has 21 heavy (non-hydrogen) atoms. The predicted octanol–water partition coefficient (Wildman–Crippen LogP) is 0.918. The van der Waals surface area contributed by atoms with E-state index in [-0.39, 0.29) is 11.9 Å². The zero-order valence-electron chi connectivity index (χ0n) is 11.7. The van der Waals surface area contributed by atoms with Gasteiger partial charge in [-0.25, -0.2) is 4.98 Å². The molecule has 0 radical (unpaired) electrons. The lowest BCUT2D eigenvalue weighted by Crippen LogP contribution is -2.33. The maximum atomic E-state index is 10.1. The topological polar surface area (TPSA) is 87.7 Å². The molecule has 0 amide bonds. The Morgan fingerprint density at radius 1 is 1.24 bits per heavy atom. The first-order chi connectivity index (χ1) is 9.93. The van der Waals surface area contributed by atoms with Gasteiger partial charge in [0, 0.05) is 0 Å². The first kappa shape index (κ1) is 14.7. The Morgan fingerprint density at radius 2 is 1.90 bits per heavy atom. The van der Waals surface area contributed by atoms with E-state index in [2.05, 4.69) is 4.98 Å². The largest absolute Gasteiger partial charge is 0.394 e. The monoisotopic (exact) mass is 312 g/mol. The summed E-state index contributed by atoms with van der Waals surface area (Å²) in [6, 6.07) is 3.83. The third-order valence-corrected chi connectivity index (χ3v) is 4.30. The van der Waals surface area contributed by atoms with E-state index in [1.807, 2.05) is 26.0 Å². The quantitative estimate of drug-likeness (QED) is 0.767. The number of imidazole rings is 1. The van der Waals surface area contributed by atoms with Crippen LogP contribution in [0.25, 0.3) is 11.0 Å². The van der Waals surface area contributed by atoms with Crippen molar-refractivity contribution in [2.75, 3.05) is 6.61 Å². The number of nitrogens with zero attached hydrogens (tertiary/aromatic N) is 2. The molecule has 1 saturated heterocycles. The minimum absolute atomic E-state index is 0.171. The molecule has 6 nitrogen and oxygen atoms in total. The highest BCUT2D eigenvalue weighted by Gasteiger charge is 2.44. The van der Waals surface area contributed by atoms with Crippen LogP contribution in [0.1, 0.15) is 17.4 Å². The van der Waals surface area contributed by atoms with E-state index >= 15 is 0 Å². The maximum Gasteiger partial charge on any atom is 0.205 e. The van der Waals surface area contributed by atoms with Crippen LogP contribution in [0.3, 0.4) is 0 Å². The SMILES string of the molecule is Cc1cc2nc(Cl)n([C@H]3O[C@@H](CO)[C@@H](O)[C@@H]3O)c2cc1C. The van der Waals surface area contributed by atoms with Crippen LogP contribution in [0, 0.1) is 13.8 Å². The number of ether oxygens (including phenoxy) is 1. The lowest BCUT2D eigenvalue weighted by atomic mass is 10.1. The lowest BCUT2D eigenvalue weighted by Gasteiger charge is -2.18. The normalized spacial score (nSPS) is 29.4. The average molecular weight is 313 g/mol. The number of aliphatic hydroxyl groups is 3. The van der Waals surface area contributed by atoms with Crippen LogP contribution in [-0.2, 0) is 4.74 Å². The molecule has 0 saturated carbocycles. The van der Waals surface area contributed by atoms with Crippen molar-refractivity contribution in [3.05, 3.63) is 28.5 Å². The number of aromatic nitrogens is 2. The molecule has 1 aromatic heterocycles. The standard InChI is InChI=1S/C14H17ClN2O4/c1-6-3-8-9(4-7(6)2)17(14(15)16-8)13-12(20)11(19)10(5-18)21-13/h3-4,10-13,18-20H,5H2,1-2H3/t10-,11+,12-,13-/m0/s1. The van der Waals surface area contributed by atoms with E-state index in [1.165, 1.54) is 0 Å². The molecule has 1 aliphatic heterocycles. The molecule has 3 N–H and O–H groups in total. The number of benzene rings is 1. The van der Waals surface area contributed by atoms with E-state index < -0.39 is 24.5 Å². The summed E-state index contributed by atoms with van der Waals surface area (Å²) in [5.41, 5.74) is 3.57. The summed E-state index contributed by atoms with van der Waals surface area (Å²) in [5.74, 6) is 0. The highest BCUT2D eigenvalue weighted by atomic mass is 35.5. The van der Waals surface area contributed by atoms with Crippen LogP contribution in [0.2, 0.25) is 5.28 Å². The molecule has 0 bridgehead atoms. The number of hydrogen-bond donors (Lipinski definition) is 3. The molecular formula is C14H17ClN2O4. The van der Waals surface area contributed by atoms with Gasteiger partial charge >= 0.3 is 0 Å². The van der Waals surface area contributed by atoms with E-state index in [1.54, 1.807) is 4.57 Å². The van der Waals surface area contributed by atoms with Crippen molar-refractivity contribution in [1.29, 1.82) is 0 Å². The molecule has 0 aliphatic carbocycles. The number of halogens is 1. The van der Waals surface area contributed by atoms with Crippen molar-refractivity contribution in [3.63, 3.8) is 0 Å². The van der Waals surface area contributed by atoms with Gasteiger partial charge in [-0.15, -0.1) is 0 Å². The van der Waals surface area contributed by atoms with Gasteiger partial charge in [-0.3, -0.25) is 4.57 Å². The molecule has 1 aromatic carbocycles. The van der Waals surface area contributed by atoms with Gasteiger partial charge in [0.15, 0.2) is 6.23 Å². The summed E-state index contributed by atoms with van der Waals surface area (Å²) in [6.45, 7) is 3.57. The van der Waals surface area contributed by atoms with Crippen molar-refractivity contribution in [1.82, 2.24) is 9.55 Å². The van der Waals surface area contributed by atoms with E-state index in [4.69, 9.17) is 16.3 Å². The Bertz CT molecular complexity index is 687. The third kappa shape index (κ3) is 2.23. The van der Waals surface area contributed by atoms with Crippen molar-refractivity contribution in [2.24, 2.45) is 0 Å². The van der Waals surface area contributed by atoms with Gasteiger partial charge in [0.1, 0.15) is 18.3 Å². The Morgan fingerprint density at radius 3 is 2.52 bits per heavy atom. The Balaban J connectivity index is 2.12. The number of fused-ring (bicyclic) bond motifs is 1. The van der Waals surface area contributed by atoms with Gasteiger partial charge in [-0.05, 0) is 48.7 Å². The summed E-state index contributed by atoms with van der Waals surface area (Å²) in [6.07, 6.45) is -4.07. The summed E-state index contributed by atoms with van der Waals surface area (Å²) >= 11 is 6.17. The van der Waals surface area contributed by atoms with Crippen LogP contribution < -0.4 is 0 Å². The van der Waals surface area contributed by atoms with Crippen LogP contribution >= 0.6 is 11.6 Å². The fraction of sp³-hybridized carbons (Fsp3) is 0.500. The molecular weight excluding hydrogens is 296 g/mol. The first-order valence-corrected chi connectivity index (χ1v) is 7.09. The highest BCUT2D eigenvalue weighted by molar-refractivity contribution is 6.29. The van der Waals surface area contributed by atoms with Crippen LogP contribution in [0.15, 0.2) is 12.1 Å². The third-order valence-electron chi connectivity index (χ3n) is 4.03. The van der Waals surface area contributed by atoms with Gasteiger partial charge in [0.25, 0.3) is 0 Å². The van der Waals surface area contributed by atoms with Crippen molar-refractivity contribution in [3.8, 4) is 0 Å². The van der Waals surface area contributed by atoms with E-state index in [0.29, 0.717) is 5.52 Å².